The van der Waals surface area contributed by atoms with Crippen molar-refractivity contribution in [2.24, 2.45) is 0 Å². The van der Waals surface area contributed by atoms with Crippen molar-refractivity contribution >= 4 is 5.91 Å². The molecule has 0 unspecified atom stereocenters. The zero-order chi connectivity index (χ0) is 15.7. The minimum Gasteiger partial charge on any atom is -0.335 e. The summed E-state index contributed by atoms with van der Waals surface area (Å²) < 4.78 is 0. The molecule has 1 saturated heterocycles. The number of carbonyl (C=O) groups is 1. The molecule has 2 aromatic rings. The predicted octanol–water partition coefficient (Wildman–Crippen LogP) is 1.27. The average molecular weight is 299 g/mol. The first kappa shape index (κ1) is 14.7. The van der Waals surface area contributed by atoms with Crippen LogP contribution >= 0.6 is 0 Å². The quantitative estimate of drug-likeness (QED) is 0.838. The Balaban J connectivity index is 1.83. The van der Waals surface area contributed by atoms with E-state index in [4.69, 9.17) is 0 Å². The Hall–Kier alpha value is -2.21. The maximum Gasteiger partial charge on any atom is 0.276 e. The molecule has 2 heterocycles. The topological polar surface area (TPSA) is 54.3 Å². The minimum atomic E-state index is -0.0241. The van der Waals surface area contributed by atoms with Gasteiger partial charge in [-0.05, 0) is 33.0 Å². The second-order valence-corrected chi connectivity index (χ2v) is 5.85. The number of carbonyl (C=O) groups excluding carboxylic acids is 1. The fourth-order valence-electron chi connectivity index (χ4n) is 2.53. The Kier molecular flexibility index (Phi) is 3.94. The van der Waals surface area contributed by atoms with Crippen LogP contribution in [0.15, 0.2) is 24.3 Å². The Morgan fingerprint density at radius 1 is 1.00 bits per heavy atom. The van der Waals surface area contributed by atoms with Gasteiger partial charge in [-0.3, -0.25) is 4.79 Å². The molecule has 0 atom stereocenters. The van der Waals surface area contributed by atoms with Crippen LogP contribution in [-0.4, -0.2) is 63.9 Å². The number of amides is 1. The molecule has 0 saturated carbocycles. The van der Waals surface area contributed by atoms with Gasteiger partial charge in [-0.25, -0.2) is 0 Å². The number of hydrogen-bond donors (Lipinski definition) is 0. The second kappa shape index (κ2) is 5.88. The third-order valence-corrected chi connectivity index (χ3v) is 4.04. The molecule has 1 aromatic carbocycles. The minimum absolute atomic E-state index is 0.0241. The molecule has 22 heavy (non-hydrogen) atoms. The van der Waals surface area contributed by atoms with Crippen molar-refractivity contribution in [1.82, 2.24) is 24.8 Å². The lowest BCUT2D eigenvalue weighted by molar-refractivity contribution is 0.0657. The lowest BCUT2D eigenvalue weighted by Crippen LogP contribution is -2.47. The highest BCUT2D eigenvalue weighted by Gasteiger charge is 2.25. The number of aromatic nitrogens is 3. The molecule has 0 radical (unpaired) electrons. The second-order valence-electron chi connectivity index (χ2n) is 5.85. The highest BCUT2D eigenvalue weighted by Crippen LogP contribution is 2.12. The first-order chi connectivity index (χ1) is 10.5. The van der Waals surface area contributed by atoms with Gasteiger partial charge in [-0.2, -0.15) is 9.90 Å². The zero-order valence-corrected chi connectivity index (χ0v) is 13.3. The summed E-state index contributed by atoms with van der Waals surface area (Å²) in [6.07, 6.45) is 0. The van der Waals surface area contributed by atoms with Crippen LogP contribution in [0.4, 0.5) is 0 Å². The van der Waals surface area contributed by atoms with Gasteiger partial charge in [-0.15, -0.1) is 5.10 Å². The van der Waals surface area contributed by atoms with Gasteiger partial charge in [0.2, 0.25) is 0 Å². The SMILES string of the molecule is Cc1ccc(-n2nc(C)c(C(=O)N3CCN(C)CC3)n2)cc1. The Morgan fingerprint density at radius 2 is 1.64 bits per heavy atom. The van der Waals surface area contributed by atoms with Crippen molar-refractivity contribution in [2.45, 2.75) is 13.8 Å². The van der Waals surface area contributed by atoms with Crippen molar-refractivity contribution in [3.05, 3.63) is 41.2 Å². The van der Waals surface area contributed by atoms with Gasteiger partial charge in [0.25, 0.3) is 5.91 Å². The summed E-state index contributed by atoms with van der Waals surface area (Å²) in [6, 6.07) is 7.93. The Morgan fingerprint density at radius 3 is 2.27 bits per heavy atom. The van der Waals surface area contributed by atoms with Crippen molar-refractivity contribution < 1.29 is 4.79 Å². The van der Waals surface area contributed by atoms with Crippen LogP contribution in [0.5, 0.6) is 0 Å². The van der Waals surface area contributed by atoms with E-state index in [0.29, 0.717) is 11.4 Å². The van der Waals surface area contributed by atoms with E-state index in [0.717, 1.165) is 31.9 Å². The van der Waals surface area contributed by atoms with Crippen LogP contribution in [-0.2, 0) is 0 Å². The summed E-state index contributed by atoms with van der Waals surface area (Å²) in [6.45, 7) is 7.15. The summed E-state index contributed by atoms with van der Waals surface area (Å²) in [5.41, 5.74) is 3.17. The van der Waals surface area contributed by atoms with Crippen LogP contribution in [0.2, 0.25) is 0 Å². The molecular weight excluding hydrogens is 278 g/mol. The molecule has 3 rings (SSSR count). The molecular formula is C16H21N5O. The number of likely N-dealkylation sites (N-methyl/N-ethyl adjacent to an activating group) is 1. The largest absolute Gasteiger partial charge is 0.335 e. The van der Waals surface area contributed by atoms with E-state index >= 15 is 0 Å². The van der Waals surface area contributed by atoms with Crippen molar-refractivity contribution in [2.75, 3.05) is 33.2 Å². The Bertz CT molecular complexity index is 668. The molecule has 1 aliphatic rings. The molecule has 1 amide bonds. The number of aryl methyl sites for hydroxylation is 2. The van der Waals surface area contributed by atoms with E-state index in [9.17, 15) is 4.79 Å². The summed E-state index contributed by atoms with van der Waals surface area (Å²) in [4.78, 5) is 18.2. The maximum absolute atomic E-state index is 12.6. The smallest absolute Gasteiger partial charge is 0.276 e. The van der Waals surface area contributed by atoms with E-state index in [2.05, 4.69) is 22.1 Å². The van der Waals surface area contributed by atoms with Gasteiger partial charge in [0.05, 0.1) is 11.4 Å². The molecule has 1 aliphatic heterocycles. The molecule has 116 valence electrons. The average Bonchev–Trinajstić information content (AvgIpc) is 2.90. The predicted molar refractivity (Wildman–Crippen MR) is 84.2 cm³/mol. The third-order valence-electron chi connectivity index (χ3n) is 4.04. The van der Waals surface area contributed by atoms with Gasteiger partial charge >= 0.3 is 0 Å². The van der Waals surface area contributed by atoms with Crippen LogP contribution in [0.3, 0.4) is 0 Å². The zero-order valence-electron chi connectivity index (χ0n) is 13.3. The third kappa shape index (κ3) is 2.87. The Labute approximate surface area is 130 Å². The lowest BCUT2D eigenvalue weighted by atomic mass is 10.2. The van der Waals surface area contributed by atoms with Crippen molar-refractivity contribution in [3.63, 3.8) is 0 Å². The summed E-state index contributed by atoms with van der Waals surface area (Å²) >= 11 is 0. The normalized spacial score (nSPS) is 16.0. The van der Waals surface area contributed by atoms with Gasteiger partial charge < -0.3 is 9.80 Å². The highest BCUT2D eigenvalue weighted by molar-refractivity contribution is 5.93. The van der Waals surface area contributed by atoms with Gasteiger partial charge in [-0.1, -0.05) is 17.7 Å². The summed E-state index contributed by atoms with van der Waals surface area (Å²) in [5.74, 6) is -0.0241. The van der Waals surface area contributed by atoms with E-state index in [1.165, 1.54) is 10.4 Å². The summed E-state index contributed by atoms with van der Waals surface area (Å²) in [7, 11) is 2.07. The molecule has 1 fully saturated rings. The number of rotatable bonds is 2. The van der Waals surface area contributed by atoms with E-state index in [-0.39, 0.29) is 5.91 Å². The first-order valence-electron chi connectivity index (χ1n) is 7.53. The van der Waals surface area contributed by atoms with Crippen LogP contribution in [0.1, 0.15) is 21.7 Å². The van der Waals surface area contributed by atoms with Crippen molar-refractivity contribution in [1.29, 1.82) is 0 Å². The fourth-order valence-corrected chi connectivity index (χ4v) is 2.53. The molecule has 0 bridgehead atoms. The molecule has 0 N–H and O–H groups in total. The van der Waals surface area contributed by atoms with Crippen LogP contribution in [0.25, 0.3) is 5.69 Å². The summed E-state index contributed by atoms with van der Waals surface area (Å²) in [5, 5.41) is 8.79. The molecule has 0 spiro atoms. The number of nitrogens with zero attached hydrogens (tertiary/aromatic N) is 5. The number of piperazine rings is 1. The number of hydrogen-bond acceptors (Lipinski definition) is 4. The van der Waals surface area contributed by atoms with E-state index in [1.54, 1.807) is 0 Å². The van der Waals surface area contributed by atoms with E-state index in [1.807, 2.05) is 43.0 Å². The molecule has 1 aromatic heterocycles. The first-order valence-corrected chi connectivity index (χ1v) is 7.53. The standard InChI is InChI=1S/C16H21N5O/c1-12-4-6-14(7-5-12)21-17-13(2)15(18-21)16(22)20-10-8-19(3)9-11-20/h4-7H,8-11H2,1-3H3. The van der Waals surface area contributed by atoms with Crippen LogP contribution in [0, 0.1) is 13.8 Å². The molecule has 6 heteroatoms. The van der Waals surface area contributed by atoms with Gasteiger partial charge in [0.1, 0.15) is 0 Å². The molecule has 0 aliphatic carbocycles. The van der Waals surface area contributed by atoms with Crippen LogP contribution < -0.4 is 0 Å². The maximum atomic E-state index is 12.6. The van der Waals surface area contributed by atoms with Crippen molar-refractivity contribution in [3.8, 4) is 5.69 Å². The fraction of sp³-hybridized carbons (Fsp3) is 0.438. The number of benzene rings is 1. The van der Waals surface area contributed by atoms with E-state index < -0.39 is 0 Å². The lowest BCUT2D eigenvalue weighted by Gasteiger charge is -2.31. The highest BCUT2D eigenvalue weighted by atomic mass is 16.2. The van der Waals surface area contributed by atoms with Gasteiger partial charge in [0, 0.05) is 26.2 Å². The monoisotopic (exact) mass is 299 g/mol. The molecule has 6 nitrogen and oxygen atoms in total. The van der Waals surface area contributed by atoms with Gasteiger partial charge in [0.15, 0.2) is 5.69 Å².